The van der Waals surface area contributed by atoms with Crippen LogP contribution in [0.25, 0.3) is 0 Å². The SMILES string of the molecule is O=C(Nc1ccc(F)c(Cl)c1)c1ccccc1OC(F)F. The van der Waals surface area contributed by atoms with Crippen LogP contribution in [0.15, 0.2) is 42.5 Å². The summed E-state index contributed by atoms with van der Waals surface area (Å²) in [6, 6.07) is 9.14. The Morgan fingerprint density at radius 3 is 2.57 bits per heavy atom. The minimum Gasteiger partial charge on any atom is -0.434 e. The van der Waals surface area contributed by atoms with E-state index in [0.29, 0.717) is 0 Å². The number of hydrogen-bond acceptors (Lipinski definition) is 2. The van der Waals surface area contributed by atoms with Gasteiger partial charge in [-0.3, -0.25) is 4.79 Å². The summed E-state index contributed by atoms with van der Waals surface area (Å²) in [6.45, 7) is -3.04. The summed E-state index contributed by atoms with van der Waals surface area (Å²) in [6.07, 6.45) is 0. The second-order valence-electron chi connectivity index (χ2n) is 3.96. The predicted molar refractivity (Wildman–Crippen MR) is 72.4 cm³/mol. The minimum atomic E-state index is -3.04. The molecule has 21 heavy (non-hydrogen) atoms. The molecule has 0 spiro atoms. The van der Waals surface area contributed by atoms with E-state index in [2.05, 4.69) is 10.1 Å². The largest absolute Gasteiger partial charge is 0.434 e. The first-order valence-electron chi connectivity index (χ1n) is 5.77. The summed E-state index contributed by atoms with van der Waals surface area (Å²) < 4.78 is 41.8. The molecule has 2 aromatic carbocycles. The molecule has 0 heterocycles. The highest BCUT2D eigenvalue weighted by Crippen LogP contribution is 2.23. The van der Waals surface area contributed by atoms with Crippen LogP contribution in [0.1, 0.15) is 10.4 Å². The van der Waals surface area contributed by atoms with Crippen molar-refractivity contribution in [2.45, 2.75) is 6.61 Å². The van der Waals surface area contributed by atoms with Crippen molar-refractivity contribution >= 4 is 23.2 Å². The molecule has 0 aromatic heterocycles. The Labute approximate surface area is 123 Å². The van der Waals surface area contributed by atoms with Crippen LogP contribution in [-0.4, -0.2) is 12.5 Å². The van der Waals surface area contributed by atoms with E-state index in [0.717, 1.165) is 6.07 Å². The second kappa shape index (κ2) is 6.49. The van der Waals surface area contributed by atoms with Gasteiger partial charge >= 0.3 is 6.61 Å². The Morgan fingerprint density at radius 1 is 1.19 bits per heavy atom. The lowest BCUT2D eigenvalue weighted by Gasteiger charge is -2.11. The van der Waals surface area contributed by atoms with Gasteiger partial charge in [-0.15, -0.1) is 0 Å². The van der Waals surface area contributed by atoms with Crippen LogP contribution in [-0.2, 0) is 0 Å². The first kappa shape index (κ1) is 15.2. The molecule has 0 bridgehead atoms. The van der Waals surface area contributed by atoms with Crippen LogP contribution in [0.5, 0.6) is 5.75 Å². The number of rotatable bonds is 4. The van der Waals surface area contributed by atoms with Crippen LogP contribution < -0.4 is 10.1 Å². The number of anilines is 1. The Kier molecular flexibility index (Phi) is 4.70. The summed E-state index contributed by atoms with van der Waals surface area (Å²) in [5.74, 6) is -1.55. The molecule has 1 amide bonds. The highest BCUT2D eigenvalue weighted by Gasteiger charge is 2.15. The fourth-order valence-electron chi connectivity index (χ4n) is 1.63. The van der Waals surface area contributed by atoms with Crippen molar-refractivity contribution in [2.75, 3.05) is 5.32 Å². The average molecular weight is 316 g/mol. The van der Waals surface area contributed by atoms with Crippen molar-refractivity contribution in [3.05, 3.63) is 58.9 Å². The van der Waals surface area contributed by atoms with Gasteiger partial charge in [0.15, 0.2) is 0 Å². The molecule has 7 heteroatoms. The Bertz CT molecular complexity index is 664. The molecule has 1 N–H and O–H groups in total. The molecule has 0 aliphatic heterocycles. The number of halogens is 4. The van der Waals surface area contributed by atoms with Crippen molar-refractivity contribution in [1.82, 2.24) is 0 Å². The summed E-state index contributed by atoms with van der Waals surface area (Å²) in [5.41, 5.74) is 0.163. The van der Waals surface area contributed by atoms with Gasteiger partial charge in [-0.2, -0.15) is 8.78 Å². The fraction of sp³-hybridized carbons (Fsp3) is 0.0714. The quantitative estimate of drug-likeness (QED) is 0.912. The molecule has 0 fully saturated rings. The highest BCUT2D eigenvalue weighted by molar-refractivity contribution is 6.31. The lowest BCUT2D eigenvalue weighted by molar-refractivity contribution is -0.0501. The van der Waals surface area contributed by atoms with Gasteiger partial charge in [0.25, 0.3) is 5.91 Å². The summed E-state index contributed by atoms with van der Waals surface area (Å²) in [5, 5.41) is 2.26. The van der Waals surface area contributed by atoms with Crippen molar-refractivity contribution < 1.29 is 22.7 Å². The first-order chi connectivity index (χ1) is 9.97. The van der Waals surface area contributed by atoms with E-state index in [1.54, 1.807) is 0 Å². The number of ether oxygens (including phenoxy) is 1. The van der Waals surface area contributed by atoms with E-state index in [-0.39, 0.29) is 22.0 Å². The molecule has 0 saturated carbocycles. The van der Waals surface area contributed by atoms with Crippen LogP contribution in [0.2, 0.25) is 5.02 Å². The molecule has 2 rings (SSSR count). The zero-order valence-electron chi connectivity index (χ0n) is 10.4. The van der Waals surface area contributed by atoms with E-state index < -0.39 is 18.3 Å². The smallest absolute Gasteiger partial charge is 0.387 e. The van der Waals surface area contributed by atoms with Crippen molar-refractivity contribution in [2.24, 2.45) is 0 Å². The number of hydrogen-bond donors (Lipinski definition) is 1. The summed E-state index contributed by atoms with van der Waals surface area (Å²) >= 11 is 5.59. The zero-order chi connectivity index (χ0) is 15.4. The third-order valence-corrected chi connectivity index (χ3v) is 2.81. The average Bonchev–Trinajstić information content (AvgIpc) is 2.43. The van der Waals surface area contributed by atoms with E-state index >= 15 is 0 Å². The third kappa shape index (κ3) is 3.88. The number of amides is 1. The van der Waals surface area contributed by atoms with E-state index in [1.165, 1.54) is 36.4 Å². The molecule has 2 aromatic rings. The highest BCUT2D eigenvalue weighted by atomic mass is 35.5. The number of benzene rings is 2. The van der Waals surface area contributed by atoms with Gasteiger partial charge in [-0.1, -0.05) is 23.7 Å². The predicted octanol–water partition coefficient (Wildman–Crippen LogP) is 4.33. The number of carbonyl (C=O) groups is 1. The number of para-hydroxylation sites is 1. The number of alkyl halides is 2. The number of carbonyl (C=O) groups excluding carboxylic acids is 1. The topological polar surface area (TPSA) is 38.3 Å². The second-order valence-corrected chi connectivity index (χ2v) is 4.36. The molecule has 0 unspecified atom stereocenters. The van der Waals surface area contributed by atoms with Crippen LogP contribution in [0, 0.1) is 5.82 Å². The van der Waals surface area contributed by atoms with Gasteiger partial charge in [0.1, 0.15) is 11.6 Å². The summed E-state index contributed by atoms with van der Waals surface area (Å²) in [4.78, 5) is 12.0. The normalized spacial score (nSPS) is 10.5. The Morgan fingerprint density at radius 2 is 1.90 bits per heavy atom. The molecule has 3 nitrogen and oxygen atoms in total. The number of nitrogens with one attached hydrogen (secondary N) is 1. The Balaban J connectivity index is 2.22. The van der Waals surface area contributed by atoms with Crippen LogP contribution in [0.4, 0.5) is 18.9 Å². The summed E-state index contributed by atoms with van der Waals surface area (Å²) in [7, 11) is 0. The van der Waals surface area contributed by atoms with Gasteiger partial charge in [0, 0.05) is 5.69 Å². The van der Waals surface area contributed by atoms with Crippen molar-refractivity contribution in [1.29, 1.82) is 0 Å². The molecular formula is C14H9ClF3NO2. The van der Waals surface area contributed by atoms with E-state index in [9.17, 15) is 18.0 Å². The van der Waals surface area contributed by atoms with Gasteiger partial charge in [0.2, 0.25) is 0 Å². The molecule has 0 saturated heterocycles. The molecule has 0 radical (unpaired) electrons. The van der Waals surface area contributed by atoms with Gasteiger partial charge in [-0.05, 0) is 30.3 Å². The monoisotopic (exact) mass is 315 g/mol. The Hall–Kier alpha value is -2.21. The van der Waals surface area contributed by atoms with Crippen molar-refractivity contribution in [3.63, 3.8) is 0 Å². The van der Waals surface area contributed by atoms with Gasteiger partial charge < -0.3 is 10.1 Å². The fourth-order valence-corrected chi connectivity index (χ4v) is 1.81. The van der Waals surface area contributed by atoms with E-state index in [4.69, 9.17) is 11.6 Å². The van der Waals surface area contributed by atoms with Gasteiger partial charge in [0.05, 0.1) is 10.6 Å². The maximum atomic E-state index is 13.0. The third-order valence-electron chi connectivity index (χ3n) is 2.53. The maximum Gasteiger partial charge on any atom is 0.387 e. The lowest BCUT2D eigenvalue weighted by atomic mass is 10.2. The first-order valence-corrected chi connectivity index (χ1v) is 6.15. The molecule has 110 valence electrons. The minimum absolute atomic E-state index is 0.0711. The zero-order valence-corrected chi connectivity index (χ0v) is 11.2. The molecule has 0 atom stereocenters. The molecular weight excluding hydrogens is 307 g/mol. The van der Waals surface area contributed by atoms with Crippen LogP contribution in [0.3, 0.4) is 0 Å². The standard InChI is InChI=1S/C14H9ClF3NO2/c15-10-7-8(5-6-11(10)16)19-13(20)9-3-1-2-4-12(9)21-14(17)18/h1-7,14H,(H,19,20). The van der Waals surface area contributed by atoms with Gasteiger partial charge in [-0.25, -0.2) is 4.39 Å². The van der Waals surface area contributed by atoms with E-state index in [1.807, 2.05) is 0 Å². The lowest BCUT2D eigenvalue weighted by Crippen LogP contribution is -2.15. The van der Waals surface area contributed by atoms with Crippen LogP contribution >= 0.6 is 11.6 Å². The molecule has 0 aliphatic rings. The molecule has 0 aliphatic carbocycles. The maximum absolute atomic E-state index is 13.0. The van der Waals surface area contributed by atoms with Crippen molar-refractivity contribution in [3.8, 4) is 5.75 Å².